The first-order valence-electron chi connectivity index (χ1n) is 7.98. The highest BCUT2D eigenvalue weighted by Gasteiger charge is 2.30. The zero-order valence-electron chi connectivity index (χ0n) is 13.9. The lowest BCUT2D eigenvalue weighted by Gasteiger charge is -2.16. The van der Waals surface area contributed by atoms with Crippen molar-refractivity contribution in [2.75, 3.05) is 11.9 Å². The van der Waals surface area contributed by atoms with Crippen LogP contribution in [0.15, 0.2) is 10.9 Å². The molecule has 0 spiro atoms. The molecular weight excluding hydrogens is 310 g/mol. The standard InChI is InChI=1S/C15H19N7O2/c1-8-9(2)19-15-17-7-18-22(15)13(8)16-6-11-4-5-12(23-11)14-20-10(3)21-24-14/h7,11-12,16H,4-6H2,1-3H3/t11-,12+/m1/s1. The van der Waals surface area contributed by atoms with Crippen LogP contribution in [0.5, 0.6) is 0 Å². The van der Waals surface area contributed by atoms with Crippen molar-refractivity contribution in [1.29, 1.82) is 0 Å². The quantitative estimate of drug-likeness (QED) is 0.772. The van der Waals surface area contributed by atoms with Crippen molar-refractivity contribution in [2.45, 2.75) is 45.8 Å². The molecule has 1 fully saturated rings. The van der Waals surface area contributed by atoms with E-state index in [4.69, 9.17) is 9.26 Å². The van der Waals surface area contributed by atoms with Crippen LogP contribution < -0.4 is 5.32 Å². The lowest BCUT2D eigenvalue weighted by molar-refractivity contribution is 0.0326. The lowest BCUT2D eigenvalue weighted by Crippen LogP contribution is -2.21. The zero-order valence-corrected chi connectivity index (χ0v) is 13.9. The predicted molar refractivity (Wildman–Crippen MR) is 84.6 cm³/mol. The molecule has 0 aliphatic carbocycles. The third-order valence-corrected chi connectivity index (χ3v) is 4.33. The van der Waals surface area contributed by atoms with Gasteiger partial charge in [0, 0.05) is 17.8 Å². The van der Waals surface area contributed by atoms with Crippen LogP contribution in [0.2, 0.25) is 0 Å². The largest absolute Gasteiger partial charge is 0.367 e. The van der Waals surface area contributed by atoms with Crippen molar-refractivity contribution in [3.63, 3.8) is 0 Å². The highest BCUT2D eigenvalue weighted by atomic mass is 16.5. The second-order valence-electron chi connectivity index (χ2n) is 6.03. The molecular formula is C15H19N7O2. The number of nitrogens with zero attached hydrogens (tertiary/aromatic N) is 6. The summed E-state index contributed by atoms with van der Waals surface area (Å²) in [5.74, 6) is 2.68. The fraction of sp³-hybridized carbons (Fsp3) is 0.533. The van der Waals surface area contributed by atoms with E-state index >= 15 is 0 Å². The van der Waals surface area contributed by atoms with E-state index in [1.807, 2.05) is 13.8 Å². The molecule has 1 N–H and O–H groups in total. The highest BCUT2D eigenvalue weighted by molar-refractivity contribution is 5.51. The molecule has 4 rings (SSSR count). The Balaban J connectivity index is 1.46. The van der Waals surface area contributed by atoms with Gasteiger partial charge in [0.25, 0.3) is 11.7 Å². The minimum atomic E-state index is -0.121. The topological polar surface area (TPSA) is 103 Å². The SMILES string of the molecule is Cc1noc([C@@H]2CC[C@H](CNc3c(C)c(C)nc4ncnn34)O2)n1. The van der Waals surface area contributed by atoms with E-state index in [2.05, 4.69) is 30.5 Å². The van der Waals surface area contributed by atoms with Crippen molar-refractivity contribution in [3.05, 3.63) is 29.3 Å². The third-order valence-electron chi connectivity index (χ3n) is 4.33. The van der Waals surface area contributed by atoms with Gasteiger partial charge in [-0.2, -0.15) is 19.6 Å². The fourth-order valence-corrected chi connectivity index (χ4v) is 2.93. The summed E-state index contributed by atoms with van der Waals surface area (Å²) in [7, 11) is 0. The summed E-state index contributed by atoms with van der Waals surface area (Å²) in [6.45, 7) is 6.46. The van der Waals surface area contributed by atoms with Gasteiger partial charge >= 0.3 is 0 Å². The van der Waals surface area contributed by atoms with Gasteiger partial charge in [-0.3, -0.25) is 0 Å². The molecule has 3 aromatic heterocycles. The molecule has 3 aromatic rings. The summed E-state index contributed by atoms with van der Waals surface area (Å²) in [6, 6.07) is 0. The molecule has 0 radical (unpaired) electrons. The van der Waals surface area contributed by atoms with Crippen molar-refractivity contribution in [2.24, 2.45) is 0 Å². The molecule has 0 bridgehead atoms. The van der Waals surface area contributed by atoms with E-state index in [1.54, 1.807) is 11.4 Å². The number of hydrogen-bond acceptors (Lipinski definition) is 8. The molecule has 0 amide bonds. The first-order chi connectivity index (χ1) is 11.6. The van der Waals surface area contributed by atoms with Gasteiger partial charge in [-0.15, -0.1) is 0 Å². The summed E-state index contributed by atoms with van der Waals surface area (Å²) in [5, 5.41) is 11.5. The van der Waals surface area contributed by atoms with E-state index in [1.165, 1.54) is 6.33 Å². The third kappa shape index (κ3) is 2.60. The molecule has 24 heavy (non-hydrogen) atoms. The molecule has 4 heterocycles. The van der Waals surface area contributed by atoms with Gasteiger partial charge in [-0.05, 0) is 33.6 Å². The van der Waals surface area contributed by atoms with E-state index in [0.29, 0.717) is 24.0 Å². The monoisotopic (exact) mass is 329 g/mol. The summed E-state index contributed by atoms with van der Waals surface area (Å²) in [6.07, 6.45) is 3.27. The summed E-state index contributed by atoms with van der Waals surface area (Å²) in [4.78, 5) is 12.8. The van der Waals surface area contributed by atoms with Gasteiger partial charge < -0.3 is 14.6 Å². The number of aryl methyl sites for hydroxylation is 2. The predicted octanol–water partition coefficient (Wildman–Crippen LogP) is 1.76. The Hall–Kier alpha value is -2.55. The number of fused-ring (bicyclic) bond motifs is 1. The van der Waals surface area contributed by atoms with Gasteiger partial charge in [-0.25, -0.2) is 4.98 Å². The van der Waals surface area contributed by atoms with Gasteiger partial charge in [0.1, 0.15) is 18.2 Å². The number of hydrogen-bond donors (Lipinski definition) is 1. The molecule has 0 unspecified atom stereocenters. The maximum atomic E-state index is 6.03. The smallest absolute Gasteiger partial charge is 0.255 e. The van der Waals surface area contributed by atoms with Crippen LogP contribution in [0.4, 0.5) is 5.82 Å². The van der Waals surface area contributed by atoms with Gasteiger partial charge in [0.05, 0.1) is 6.10 Å². The maximum absolute atomic E-state index is 6.03. The average Bonchev–Trinajstić information content (AvgIpc) is 3.28. The average molecular weight is 329 g/mol. The Bertz CT molecular complexity index is 872. The second-order valence-corrected chi connectivity index (χ2v) is 6.03. The van der Waals surface area contributed by atoms with E-state index in [-0.39, 0.29) is 12.2 Å². The van der Waals surface area contributed by atoms with Crippen LogP contribution in [0.3, 0.4) is 0 Å². The van der Waals surface area contributed by atoms with E-state index in [0.717, 1.165) is 29.9 Å². The Morgan fingerprint density at radius 1 is 1.25 bits per heavy atom. The highest BCUT2D eigenvalue weighted by Crippen LogP contribution is 2.32. The molecule has 0 aromatic carbocycles. The number of rotatable bonds is 4. The first kappa shape index (κ1) is 15.0. The normalized spacial score (nSPS) is 20.8. The molecule has 1 aliphatic heterocycles. The second kappa shape index (κ2) is 5.82. The van der Waals surface area contributed by atoms with Crippen LogP contribution in [0, 0.1) is 20.8 Å². The van der Waals surface area contributed by atoms with Crippen molar-refractivity contribution in [1.82, 2.24) is 29.7 Å². The van der Waals surface area contributed by atoms with Crippen molar-refractivity contribution >= 4 is 11.6 Å². The molecule has 1 saturated heterocycles. The first-order valence-corrected chi connectivity index (χ1v) is 7.98. The molecule has 0 saturated carbocycles. The molecule has 126 valence electrons. The van der Waals surface area contributed by atoms with E-state index in [9.17, 15) is 0 Å². The number of anilines is 1. The fourth-order valence-electron chi connectivity index (χ4n) is 2.93. The Morgan fingerprint density at radius 2 is 2.12 bits per heavy atom. The van der Waals surface area contributed by atoms with Gasteiger partial charge in [0.15, 0.2) is 5.82 Å². The van der Waals surface area contributed by atoms with Crippen molar-refractivity contribution in [3.8, 4) is 0 Å². The Kier molecular flexibility index (Phi) is 3.64. The summed E-state index contributed by atoms with van der Waals surface area (Å²) in [5.41, 5.74) is 1.99. The minimum Gasteiger partial charge on any atom is -0.367 e. The van der Waals surface area contributed by atoms with Crippen LogP contribution >= 0.6 is 0 Å². The maximum Gasteiger partial charge on any atom is 0.255 e. The van der Waals surface area contributed by atoms with Crippen LogP contribution in [0.25, 0.3) is 5.78 Å². The Morgan fingerprint density at radius 3 is 2.92 bits per heavy atom. The zero-order chi connectivity index (χ0) is 16.7. The number of ether oxygens (including phenoxy) is 1. The molecule has 9 heteroatoms. The van der Waals surface area contributed by atoms with Gasteiger partial charge in [0.2, 0.25) is 0 Å². The van der Waals surface area contributed by atoms with Gasteiger partial charge in [-0.1, -0.05) is 5.16 Å². The van der Waals surface area contributed by atoms with Crippen molar-refractivity contribution < 1.29 is 9.26 Å². The molecule has 9 nitrogen and oxygen atoms in total. The molecule has 1 aliphatic rings. The number of aromatic nitrogens is 6. The van der Waals surface area contributed by atoms with Crippen LogP contribution in [-0.4, -0.2) is 42.4 Å². The Labute approximate surface area is 138 Å². The minimum absolute atomic E-state index is 0.0775. The number of nitrogens with one attached hydrogen (secondary N) is 1. The summed E-state index contributed by atoms with van der Waals surface area (Å²) < 4.78 is 12.9. The van der Waals surface area contributed by atoms with Crippen LogP contribution in [-0.2, 0) is 4.74 Å². The van der Waals surface area contributed by atoms with Crippen LogP contribution in [0.1, 0.15) is 41.9 Å². The lowest BCUT2D eigenvalue weighted by atomic mass is 10.2. The van der Waals surface area contributed by atoms with E-state index < -0.39 is 0 Å². The summed E-state index contributed by atoms with van der Waals surface area (Å²) >= 11 is 0. The molecule has 2 atom stereocenters.